The first kappa shape index (κ1) is 94.1. The van der Waals surface area contributed by atoms with Crippen molar-refractivity contribution in [1.29, 1.82) is 0 Å². The molecule has 0 spiro atoms. The third-order valence-corrected chi connectivity index (χ3v) is 20.3. The molecule has 0 aliphatic rings. The smallest absolute Gasteiger partial charge is 0.462 e. The van der Waals surface area contributed by atoms with Crippen LogP contribution in [0.15, 0.2) is 0 Å². The lowest BCUT2D eigenvalue weighted by atomic mass is 10.00. The van der Waals surface area contributed by atoms with Crippen LogP contribution in [0, 0.1) is 5.92 Å². The van der Waals surface area contributed by atoms with Gasteiger partial charge in [-0.3, -0.25) is 37.3 Å². The molecule has 0 aliphatic heterocycles. The molecule has 0 amide bonds. The number of unbranched alkanes of at least 4 members (excludes halogenated alkanes) is 48. The molecule has 0 aromatic rings. The highest BCUT2D eigenvalue weighted by Gasteiger charge is 2.30. The van der Waals surface area contributed by atoms with Crippen LogP contribution in [0.2, 0.25) is 0 Å². The van der Waals surface area contributed by atoms with Gasteiger partial charge in [-0.15, -0.1) is 0 Å². The minimum atomic E-state index is -4.96. The first-order valence-corrected chi connectivity index (χ1v) is 43.2. The van der Waals surface area contributed by atoms with Gasteiger partial charge in [-0.1, -0.05) is 356 Å². The number of hydrogen-bond donors (Lipinski definition) is 3. The van der Waals surface area contributed by atoms with Crippen molar-refractivity contribution in [2.24, 2.45) is 5.92 Å². The number of carbonyl (C=O) groups is 4. The monoisotopic (exact) mass is 1410 g/mol. The summed E-state index contributed by atoms with van der Waals surface area (Å²) in [7, 11) is -9.90. The highest BCUT2D eigenvalue weighted by Crippen LogP contribution is 2.45. The van der Waals surface area contributed by atoms with E-state index in [1.807, 2.05) is 0 Å². The predicted molar refractivity (Wildman–Crippen MR) is 391 cm³/mol. The summed E-state index contributed by atoms with van der Waals surface area (Å²) in [4.78, 5) is 72.5. The largest absolute Gasteiger partial charge is 0.472 e. The Labute approximate surface area is 588 Å². The van der Waals surface area contributed by atoms with Gasteiger partial charge in [0, 0.05) is 25.7 Å². The van der Waals surface area contributed by atoms with Gasteiger partial charge in [-0.25, -0.2) is 9.13 Å². The predicted octanol–water partition coefficient (Wildman–Crippen LogP) is 22.9. The molecule has 6 atom stereocenters. The zero-order chi connectivity index (χ0) is 70.5. The summed E-state index contributed by atoms with van der Waals surface area (Å²) in [5.41, 5.74) is 0. The maximum atomic E-state index is 13.1. The number of carbonyl (C=O) groups excluding carboxylic acids is 4. The third kappa shape index (κ3) is 69.2. The molecule has 3 N–H and O–H groups in total. The maximum Gasteiger partial charge on any atom is 0.472 e. The number of phosphoric ester groups is 2. The molecule has 0 aromatic heterocycles. The second kappa shape index (κ2) is 70.1. The lowest BCUT2D eigenvalue weighted by molar-refractivity contribution is -0.161. The van der Waals surface area contributed by atoms with E-state index < -0.39 is 97.5 Å². The molecule has 570 valence electrons. The van der Waals surface area contributed by atoms with E-state index in [-0.39, 0.29) is 25.7 Å². The second-order valence-electron chi connectivity index (χ2n) is 28.0. The van der Waals surface area contributed by atoms with Crippen LogP contribution in [0.4, 0.5) is 0 Å². The summed E-state index contributed by atoms with van der Waals surface area (Å²) >= 11 is 0. The number of phosphoric acid groups is 2. The van der Waals surface area contributed by atoms with E-state index in [0.29, 0.717) is 25.7 Å². The Hall–Kier alpha value is -1.94. The molecular weight excluding hydrogens is 1260 g/mol. The second-order valence-corrected chi connectivity index (χ2v) is 30.9. The fraction of sp³-hybridized carbons (Fsp3) is 0.948. The minimum Gasteiger partial charge on any atom is -0.462 e. The zero-order valence-corrected chi connectivity index (χ0v) is 64.3. The van der Waals surface area contributed by atoms with Crippen molar-refractivity contribution < 1.29 is 80.2 Å². The summed E-state index contributed by atoms with van der Waals surface area (Å²) in [6, 6.07) is 0. The van der Waals surface area contributed by atoms with Crippen molar-refractivity contribution >= 4 is 39.5 Å². The Morgan fingerprint density at radius 3 is 0.740 bits per heavy atom. The topological polar surface area (TPSA) is 237 Å². The summed E-state index contributed by atoms with van der Waals surface area (Å²) in [5, 5.41) is 10.6. The molecule has 17 nitrogen and oxygen atoms in total. The van der Waals surface area contributed by atoms with Crippen molar-refractivity contribution in [3.63, 3.8) is 0 Å². The molecule has 0 bridgehead atoms. The SMILES string of the molecule is CCCCCCCCCCCCCCCCCCCCCCCCC(=O)O[C@H](COC(=O)CCCCCCCCCCCCCCCCCCCCC)COP(=O)(O)OC[C@@H](O)COP(=O)(O)OC[C@@H](COC(=O)CCCCCCC)OC(=O)CCCCCCCCC(C)CC. The molecule has 0 fully saturated rings. The van der Waals surface area contributed by atoms with E-state index in [1.165, 1.54) is 225 Å². The van der Waals surface area contributed by atoms with E-state index in [9.17, 15) is 43.2 Å². The maximum absolute atomic E-state index is 13.1. The summed E-state index contributed by atoms with van der Waals surface area (Å²) in [6.07, 6.45) is 60.5. The summed E-state index contributed by atoms with van der Waals surface area (Å²) in [5.74, 6) is -1.41. The highest BCUT2D eigenvalue weighted by molar-refractivity contribution is 7.47. The van der Waals surface area contributed by atoms with Gasteiger partial charge in [0.15, 0.2) is 12.2 Å². The summed E-state index contributed by atoms with van der Waals surface area (Å²) < 4.78 is 68.3. The fourth-order valence-electron chi connectivity index (χ4n) is 11.8. The standard InChI is InChI=1S/C77H150O17P2/c1-6-10-13-16-18-20-22-24-26-28-30-31-32-34-36-38-40-42-44-46-52-57-62-76(81)93-73(67-88-75(80)61-56-51-45-43-41-39-37-35-33-29-27-25-23-21-19-17-14-11-7-2)69-92-96(85,86)90-65-71(78)64-89-95(83,84)91-68-72(66-87-74(79)60-55-49-15-12-8-3)94-77(82)63-58-53-48-47-50-54-59-70(5)9-4/h70-73,78H,6-69H2,1-5H3,(H,83,84)(H,85,86)/t70?,71-,72+,73+/m0/s1. The van der Waals surface area contributed by atoms with Gasteiger partial charge in [0.1, 0.15) is 19.3 Å². The van der Waals surface area contributed by atoms with Crippen LogP contribution in [0.1, 0.15) is 407 Å². The first-order chi connectivity index (χ1) is 46.6. The summed E-state index contributed by atoms with van der Waals surface area (Å²) in [6.45, 7) is 7.14. The number of ether oxygens (including phenoxy) is 4. The molecule has 0 heterocycles. The Kier molecular flexibility index (Phi) is 68.7. The molecule has 0 aromatic carbocycles. The molecule has 0 aliphatic carbocycles. The lowest BCUT2D eigenvalue weighted by Gasteiger charge is -2.21. The van der Waals surface area contributed by atoms with Gasteiger partial charge in [0.05, 0.1) is 26.4 Å². The van der Waals surface area contributed by atoms with Crippen LogP contribution in [0.3, 0.4) is 0 Å². The molecule has 0 radical (unpaired) electrons. The average Bonchev–Trinajstić information content (AvgIpc) is 1.17. The molecule has 3 unspecified atom stereocenters. The van der Waals surface area contributed by atoms with Gasteiger partial charge >= 0.3 is 39.5 Å². The van der Waals surface area contributed by atoms with Gasteiger partial charge < -0.3 is 33.8 Å². The normalized spacial score (nSPS) is 14.2. The van der Waals surface area contributed by atoms with E-state index >= 15 is 0 Å². The van der Waals surface area contributed by atoms with Crippen LogP contribution < -0.4 is 0 Å². The van der Waals surface area contributed by atoms with Gasteiger partial charge in [0.2, 0.25) is 0 Å². The Morgan fingerprint density at radius 1 is 0.292 bits per heavy atom. The van der Waals surface area contributed by atoms with Gasteiger partial charge in [-0.05, 0) is 31.6 Å². The number of rotatable bonds is 77. The Bertz CT molecular complexity index is 1840. The third-order valence-electron chi connectivity index (χ3n) is 18.4. The molecule has 0 rings (SSSR count). The van der Waals surface area contributed by atoms with Crippen molar-refractivity contribution in [3.8, 4) is 0 Å². The van der Waals surface area contributed by atoms with Crippen molar-refractivity contribution in [2.75, 3.05) is 39.6 Å². The average molecular weight is 1410 g/mol. The first-order valence-electron chi connectivity index (χ1n) is 40.2. The number of aliphatic hydroxyl groups is 1. The van der Waals surface area contributed by atoms with E-state index in [1.54, 1.807) is 0 Å². The van der Waals surface area contributed by atoms with Crippen LogP contribution in [0.5, 0.6) is 0 Å². The number of hydrogen-bond acceptors (Lipinski definition) is 15. The van der Waals surface area contributed by atoms with Crippen LogP contribution in [-0.2, 0) is 65.4 Å². The van der Waals surface area contributed by atoms with Gasteiger partial charge in [0.25, 0.3) is 0 Å². The van der Waals surface area contributed by atoms with E-state index in [0.717, 1.165) is 102 Å². The molecule has 0 saturated heterocycles. The number of aliphatic hydroxyl groups excluding tert-OH is 1. The lowest BCUT2D eigenvalue weighted by Crippen LogP contribution is -2.30. The van der Waals surface area contributed by atoms with Crippen molar-refractivity contribution in [1.82, 2.24) is 0 Å². The van der Waals surface area contributed by atoms with Crippen molar-refractivity contribution in [2.45, 2.75) is 425 Å². The Morgan fingerprint density at radius 2 is 0.500 bits per heavy atom. The quantitative estimate of drug-likeness (QED) is 0.0222. The van der Waals surface area contributed by atoms with Crippen LogP contribution >= 0.6 is 15.6 Å². The molecule has 0 saturated carbocycles. The molecule has 96 heavy (non-hydrogen) atoms. The molecular formula is C77H150O17P2. The van der Waals surface area contributed by atoms with Crippen LogP contribution in [-0.4, -0.2) is 96.7 Å². The van der Waals surface area contributed by atoms with Crippen molar-refractivity contribution in [3.05, 3.63) is 0 Å². The fourth-order valence-corrected chi connectivity index (χ4v) is 13.4. The van der Waals surface area contributed by atoms with E-state index in [4.69, 9.17) is 37.0 Å². The zero-order valence-electron chi connectivity index (χ0n) is 62.5. The van der Waals surface area contributed by atoms with Gasteiger partial charge in [-0.2, -0.15) is 0 Å². The minimum absolute atomic E-state index is 0.102. The van der Waals surface area contributed by atoms with E-state index in [2.05, 4.69) is 34.6 Å². The Balaban J connectivity index is 5.09. The van der Waals surface area contributed by atoms with Crippen LogP contribution in [0.25, 0.3) is 0 Å². The number of esters is 4. The highest BCUT2D eigenvalue weighted by atomic mass is 31.2. The molecule has 19 heteroatoms.